The standard InChI is InChI=1S/C44H32/c1-25-16-26(2)19-32(18-25)40-37-22-29-10-5-6-11-30(29)23-38(37)41(33-20-27(3)17-28(4)21-33)44-39-24-31-12-7-8-13-34(31)35-14-9-15-36(42(35)39)43(40)44/h5-24H,1-4H3. The van der Waals surface area contributed by atoms with Gasteiger partial charge in [0, 0.05) is 0 Å². The number of benzene rings is 8. The summed E-state index contributed by atoms with van der Waals surface area (Å²) < 4.78 is 0. The van der Waals surface area contributed by atoms with E-state index in [2.05, 4.69) is 149 Å². The Morgan fingerprint density at radius 2 is 0.795 bits per heavy atom. The molecule has 8 aromatic rings. The van der Waals surface area contributed by atoms with Crippen LogP contribution in [0.1, 0.15) is 22.3 Å². The van der Waals surface area contributed by atoms with E-state index in [0.717, 1.165) is 0 Å². The third-order valence-electron chi connectivity index (χ3n) is 9.62. The van der Waals surface area contributed by atoms with E-state index in [1.807, 2.05) is 0 Å². The maximum absolute atomic E-state index is 2.46. The topological polar surface area (TPSA) is 0 Å². The highest BCUT2D eigenvalue weighted by atomic mass is 14.3. The molecule has 9 rings (SSSR count). The normalized spacial score (nSPS) is 12.1. The maximum Gasteiger partial charge on any atom is -0.000719 e. The fraction of sp³-hybridized carbons (Fsp3) is 0.0909. The van der Waals surface area contributed by atoms with Gasteiger partial charge in [-0.15, -0.1) is 0 Å². The second-order valence-corrected chi connectivity index (χ2v) is 12.9. The van der Waals surface area contributed by atoms with Crippen LogP contribution in [-0.4, -0.2) is 0 Å². The van der Waals surface area contributed by atoms with Crippen LogP contribution in [0.15, 0.2) is 121 Å². The van der Waals surface area contributed by atoms with E-state index in [9.17, 15) is 0 Å². The number of rotatable bonds is 2. The second kappa shape index (κ2) is 9.15. The molecule has 1 aliphatic rings. The highest BCUT2D eigenvalue weighted by molar-refractivity contribution is 6.31. The Morgan fingerprint density at radius 1 is 0.318 bits per heavy atom. The van der Waals surface area contributed by atoms with Crippen molar-refractivity contribution in [3.05, 3.63) is 144 Å². The molecule has 0 N–H and O–H groups in total. The van der Waals surface area contributed by atoms with Crippen molar-refractivity contribution in [2.24, 2.45) is 0 Å². The Hall–Kier alpha value is -5.20. The third-order valence-corrected chi connectivity index (χ3v) is 9.62. The molecule has 8 aromatic carbocycles. The van der Waals surface area contributed by atoms with Crippen molar-refractivity contribution in [1.82, 2.24) is 0 Å². The van der Waals surface area contributed by atoms with Crippen molar-refractivity contribution in [3.63, 3.8) is 0 Å². The lowest BCUT2D eigenvalue weighted by molar-refractivity contribution is 1.38. The van der Waals surface area contributed by atoms with Crippen LogP contribution in [0.3, 0.4) is 0 Å². The zero-order chi connectivity index (χ0) is 29.7. The van der Waals surface area contributed by atoms with Gasteiger partial charge in [-0.3, -0.25) is 0 Å². The quantitative estimate of drug-likeness (QED) is 0.146. The fourth-order valence-corrected chi connectivity index (χ4v) is 8.12. The first-order valence-corrected chi connectivity index (χ1v) is 15.6. The van der Waals surface area contributed by atoms with E-state index in [0.29, 0.717) is 0 Å². The average molecular weight is 561 g/mol. The third kappa shape index (κ3) is 3.58. The number of fused-ring (bicyclic) bond motifs is 7. The molecule has 44 heavy (non-hydrogen) atoms. The summed E-state index contributed by atoms with van der Waals surface area (Å²) in [6.45, 7) is 8.89. The van der Waals surface area contributed by atoms with Gasteiger partial charge >= 0.3 is 0 Å². The van der Waals surface area contributed by atoms with Gasteiger partial charge in [0.2, 0.25) is 0 Å². The van der Waals surface area contributed by atoms with E-state index < -0.39 is 0 Å². The molecule has 0 radical (unpaired) electrons. The van der Waals surface area contributed by atoms with Gasteiger partial charge in [-0.25, -0.2) is 0 Å². The predicted molar refractivity (Wildman–Crippen MR) is 191 cm³/mol. The van der Waals surface area contributed by atoms with Gasteiger partial charge in [0.05, 0.1) is 0 Å². The summed E-state index contributed by atoms with van der Waals surface area (Å²) in [6.07, 6.45) is 0. The maximum atomic E-state index is 2.46. The molecule has 0 heteroatoms. The van der Waals surface area contributed by atoms with Gasteiger partial charge in [0.1, 0.15) is 0 Å². The SMILES string of the molecule is Cc1cc(C)cc(-c2c3c(c(-c4cc(C)cc(C)c4)c4cc5ccccc5cc24)-c2cc4ccccc4c4cccc-3c24)c1. The Bertz CT molecular complexity index is 2480. The van der Waals surface area contributed by atoms with Crippen LogP contribution in [0.25, 0.3) is 87.6 Å². The molecule has 0 fully saturated rings. The zero-order valence-electron chi connectivity index (χ0n) is 25.5. The molecular weight excluding hydrogens is 528 g/mol. The van der Waals surface area contributed by atoms with E-state index in [-0.39, 0.29) is 0 Å². The smallest absolute Gasteiger partial charge is 0.000719 e. The molecule has 0 saturated heterocycles. The van der Waals surface area contributed by atoms with Gasteiger partial charge in [0.25, 0.3) is 0 Å². The van der Waals surface area contributed by atoms with Crippen molar-refractivity contribution in [2.75, 3.05) is 0 Å². The largest absolute Gasteiger partial charge is 0.0616 e. The summed E-state index contributed by atoms with van der Waals surface area (Å²) in [5.74, 6) is 0. The molecule has 0 atom stereocenters. The van der Waals surface area contributed by atoms with Crippen LogP contribution in [-0.2, 0) is 0 Å². The summed E-state index contributed by atoms with van der Waals surface area (Å²) >= 11 is 0. The van der Waals surface area contributed by atoms with E-state index in [1.54, 1.807) is 0 Å². The molecule has 0 amide bonds. The van der Waals surface area contributed by atoms with Crippen LogP contribution in [0.2, 0.25) is 0 Å². The molecule has 208 valence electrons. The highest BCUT2D eigenvalue weighted by Gasteiger charge is 2.31. The van der Waals surface area contributed by atoms with Crippen LogP contribution < -0.4 is 0 Å². The zero-order valence-corrected chi connectivity index (χ0v) is 25.5. The van der Waals surface area contributed by atoms with Gasteiger partial charge in [-0.1, -0.05) is 125 Å². The van der Waals surface area contributed by atoms with Crippen LogP contribution in [0, 0.1) is 27.7 Å². The molecule has 0 saturated carbocycles. The van der Waals surface area contributed by atoms with Crippen LogP contribution in [0.5, 0.6) is 0 Å². The summed E-state index contributed by atoms with van der Waals surface area (Å²) in [7, 11) is 0. The highest BCUT2D eigenvalue weighted by Crippen LogP contribution is 2.59. The fourth-order valence-electron chi connectivity index (χ4n) is 8.12. The van der Waals surface area contributed by atoms with Gasteiger partial charge in [-0.2, -0.15) is 0 Å². The minimum Gasteiger partial charge on any atom is -0.0616 e. The Balaban J connectivity index is 1.59. The summed E-state index contributed by atoms with van der Waals surface area (Å²) in [5.41, 5.74) is 15.8. The Kier molecular flexibility index (Phi) is 5.26. The lowest BCUT2D eigenvalue weighted by Crippen LogP contribution is -1.95. The molecule has 0 unspecified atom stereocenters. The molecule has 0 heterocycles. The second-order valence-electron chi connectivity index (χ2n) is 12.9. The number of aryl methyl sites for hydroxylation is 4. The lowest BCUT2D eigenvalue weighted by Gasteiger charge is -2.22. The van der Waals surface area contributed by atoms with Gasteiger partial charge < -0.3 is 0 Å². The van der Waals surface area contributed by atoms with Crippen molar-refractivity contribution in [2.45, 2.75) is 27.7 Å². The molecular formula is C44H32. The molecule has 0 aromatic heterocycles. The molecule has 0 spiro atoms. The lowest BCUT2D eigenvalue weighted by atomic mass is 9.81. The average Bonchev–Trinajstić information content (AvgIpc) is 3.32. The van der Waals surface area contributed by atoms with Crippen molar-refractivity contribution in [3.8, 4) is 44.5 Å². The van der Waals surface area contributed by atoms with Gasteiger partial charge in [-0.05, 0) is 133 Å². The molecule has 1 aliphatic carbocycles. The number of hydrogen-bond acceptors (Lipinski definition) is 0. The predicted octanol–water partition coefficient (Wildman–Crippen LogP) is 12.5. The van der Waals surface area contributed by atoms with Crippen molar-refractivity contribution >= 4 is 43.1 Å². The van der Waals surface area contributed by atoms with Crippen molar-refractivity contribution < 1.29 is 0 Å². The summed E-state index contributed by atoms with van der Waals surface area (Å²) in [4.78, 5) is 0. The van der Waals surface area contributed by atoms with Crippen LogP contribution in [0.4, 0.5) is 0 Å². The number of hydrogen-bond donors (Lipinski definition) is 0. The van der Waals surface area contributed by atoms with E-state index in [4.69, 9.17) is 0 Å². The molecule has 0 nitrogen and oxygen atoms in total. The monoisotopic (exact) mass is 560 g/mol. The van der Waals surface area contributed by atoms with E-state index >= 15 is 0 Å². The molecule has 0 aliphatic heterocycles. The minimum absolute atomic E-state index is 1.27. The first kappa shape index (κ1) is 25.3. The first-order valence-electron chi connectivity index (χ1n) is 15.6. The Labute approximate surface area is 258 Å². The molecule has 0 bridgehead atoms. The minimum atomic E-state index is 1.27. The first-order chi connectivity index (χ1) is 21.4. The Morgan fingerprint density at radius 3 is 1.36 bits per heavy atom. The van der Waals surface area contributed by atoms with E-state index in [1.165, 1.54) is 110 Å². The van der Waals surface area contributed by atoms with Crippen LogP contribution >= 0.6 is 0 Å². The summed E-state index contributed by atoms with van der Waals surface area (Å²) in [5, 5.41) is 10.5. The van der Waals surface area contributed by atoms with Crippen molar-refractivity contribution in [1.29, 1.82) is 0 Å². The van der Waals surface area contributed by atoms with Gasteiger partial charge in [0.15, 0.2) is 0 Å². The summed E-state index contributed by atoms with van der Waals surface area (Å²) in [6, 6.07) is 46.1.